The Morgan fingerprint density at radius 1 is 1.33 bits per heavy atom. The molecule has 5 heteroatoms. The SMILES string of the molecule is Cc1nc(Cl)c(NCC(C)N(C)C2CC2)nc1C. The average molecular weight is 269 g/mol. The summed E-state index contributed by atoms with van der Waals surface area (Å²) in [5, 5.41) is 3.75. The van der Waals surface area contributed by atoms with Gasteiger partial charge in [0.15, 0.2) is 11.0 Å². The van der Waals surface area contributed by atoms with Crippen molar-refractivity contribution in [2.75, 3.05) is 18.9 Å². The fourth-order valence-corrected chi connectivity index (χ4v) is 2.15. The molecule has 2 rings (SSSR count). The summed E-state index contributed by atoms with van der Waals surface area (Å²) in [6, 6.07) is 1.24. The van der Waals surface area contributed by atoms with Crippen molar-refractivity contribution in [1.29, 1.82) is 0 Å². The zero-order valence-electron chi connectivity index (χ0n) is 11.5. The normalized spacial score (nSPS) is 17.0. The van der Waals surface area contributed by atoms with Crippen LogP contribution >= 0.6 is 11.6 Å². The van der Waals surface area contributed by atoms with Crippen LogP contribution < -0.4 is 5.32 Å². The summed E-state index contributed by atoms with van der Waals surface area (Å²) in [6.45, 7) is 6.92. The zero-order chi connectivity index (χ0) is 13.3. The van der Waals surface area contributed by atoms with Crippen LogP contribution in [0.4, 0.5) is 5.82 Å². The van der Waals surface area contributed by atoms with Gasteiger partial charge in [0.1, 0.15) is 0 Å². The van der Waals surface area contributed by atoms with Gasteiger partial charge in [0.25, 0.3) is 0 Å². The van der Waals surface area contributed by atoms with Crippen LogP contribution in [0.15, 0.2) is 0 Å². The van der Waals surface area contributed by atoms with Gasteiger partial charge in [-0.1, -0.05) is 11.6 Å². The van der Waals surface area contributed by atoms with Gasteiger partial charge in [0, 0.05) is 18.6 Å². The lowest BCUT2D eigenvalue weighted by Gasteiger charge is -2.25. The number of hydrogen-bond acceptors (Lipinski definition) is 4. The van der Waals surface area contributed by atoms with E-state index in [4.69, 9.17) is 11.6 Å². The summed E-state index contributed by atoms with van der Waals surface area (Å²) in [5.41, 5.74) is 1.80. The van der Waals surface area contributed by atoms with Crippen molar-refractivity contribution >= 4 is 17.4 Å². The van der Waals surface area contributed by atoms with E-state index in [0.29, 0.717) is 17.0 Å². The molecule has 1 aromatic rings. The number of aromatic nitrogens is 2. The molecule has 1 N–H and O–H groups in total. The van der Waals surface area contributed by atoms with Crippen LogP contribution in [-0.4, -0.2) is 40.5 Å². The van der Waals surface area contributed by atoms with Gasteiger partial charge in [-0.2, -0.15) is 0 Å². The fourth-order valence-electron chi connectivity index (χ4n) is 1.92. The van der Waals surface area contributed by atoms with E-state index in [9.17, 15) is 0 Å². The summed E-state index contributed by atoms with van der Waals surface area (Å²) in [4.78, 5) is 11.1. The van der Waals surface area contributed by atoms with Crippen LogP contribution in [0.3, 0.4) is 0 Å². The van der Waals surface area contributed by atoms with Gasteiger partial charge in [-0.3, -0.25) is 4.90 Å². The van der Waals surface area contributed by atoms with Crippen molar-refractivity contribution in [2.24, 2.45) is 0 Å². The molecular weight excluding hydrogens is 248 g/mol. The number of anilines is 1. The van der Waals surface area contributed by atoms with Crippen LogP contribution in [0.5, 0.6) is 0 Å². The van der Waals surface area contributed by atoms with E-state index in [1.54, 1.807) is 0 Å². The molecule has 1 aromatic heterocycles. The Hall–Kier alpha value is -0.870. The van der Waals surface area contributed by atoms with E-state index < -0.39 is 0 Å². The number of hydrogen-bond donors (Lipinski definition) is 1. The Labute approximate surface area is 114 Å². The molecule has 1 unspecified atom stereocenters. The van der Waals surface area contributed by atoms with Crippen molar-refractivity contribution in [1.82, 2.24) is 14.9 Å². The smallest absolute Gasteiger partial charge is 0.171 e. The fraction of sp³-hybridized carbons (Fsp3) is 0.692. The maximum atomic E-state index is 6.09. The zero-order valence-corrected chi connectivity index (χ0v) is 12.3. The van der Waals surface area contributed by atoms with Gasteiger partial charge in [0.05, 0.1) is 11.4 Å². The molecule has 100 valence electrons. The summed E-state index contributed by atoms with van der Waals surface area (Å²) in [7, 11) is 2.18. The second kappa shape index (κ2) is 5.41. The minimum atomic E-state index is 0.458. The summed E-state index contributed by atoms with van der Waals surface area (Å²) in [6.07, 6.45) is 2.65. The van der Waals surface area contributed by atoms with E-state index in [2.05, 4.69) is 34.2 Å². The molecule has 0 amide bonds. The van der Waals surface area contributed by atoms with Gasteiger partial charge in [-0.05, 0) is 40.7 Å². The highest BCUT2D eigenvalue weighted by molar-refractivity contribution is 6.31. The second-order valence-corrected chi connectivity index (χ2v) is 5.52. The average Bonchev–Trinajstić information content (AvgIpc) is 3.14. The first-order valence-corrected chi connectivity index (χ1v) is 6.83. The van der Waals surface area contributed by atoms with Gasteiger partial charge in [-0.25, -0.2) is 9.97 Å². The van der Waals surface area contributed by atoms with E-state index in [-0.39, 0.29) is 0 Å². The number of likely N-dealkylation sites (N-methyl/N-ethyl adjacent to an activating group) is 1. The predicted molar refractivity (Wildman–Crippen MR) is 75.3 cm³/mol. The summed E-state index contributed by atoms with van der Waals surface area (Å²) in [5.74, 6) is 0.691. The van der Waals surface area contributed by atoms with Gasteiger partial charge in [-0.15, -0.1) is 0 Å². The van der Waals surface area contributed by atoms with Crippen LogP contribution in [0.1, 0.15) is 31.2 Å². The molecule has 0 radical (unpaired) electrons. The number of aryl methyl sites for hydroxylation is 2. The highest BCUT2D eigenvalue weighted by Crippen LogP contribution is 2.27. The lowest BCUT2D eigenvalue weighted by Crippen LogP contribution is -2.36. The largest absolute Gasteiger partial charge is 0.366 e. The van der Waals surface area contributed by atoms with Gasteiger partial charge in [0.2, 0.25) is 0 Å². The first kappa shape index (κ1) is 13.6. The molecule has 1 atom stereocenters. The summed E-state index contributed by atoms with van der Waals surface area (Å²) < 4.78 is 0. The quantitative estimate of drug-likeness (QED) is 0.891. The van der Waals surface area contributed by atoms with Crippen molar-refractivity contribution < 1.29 is 0 Å². The minimum absolute atomic E-state index is 0.458. The Morgan fingerprint density at radius 2 is 1.94 bits per heavy atom. The lowest BCUT2D eigenvalue weighted by atomic mass is 10.3. The Kier molecular flexibility index (Phi) is 4.07. The third-order valence-electron chi connectivity index (χ3n) is 3.65. The molecule has 0 spiro atoms. The maximum Gasteiger partial charge on any atom is 0.171 e. The maximum absolute atomic E-state index is 6.09. The number of nitrogens with one attached hydrogen (secondary N) is 1. The molecule has 0 aromatic carbocycles. The Morgan fingerprint density at radius 3 is 2.56 bits per heavy atom. The Balaban J connectivity index is 1.95. The first-order chi connectivity index (χ1) is 8.49. The van der Waals surface area contributed by atoms with Crippen molar-refractivity contribution in [3.63, 3.8) is 0 Å². The summed E-state index contributed by atoms with van der Waals surface area (Å²) >= 11 is 6.09. The Bertz CT molecular complexity index is 431. The lowest BCUT2D eigenvalue weighted by molar-refractivity contribution is 0.257. The number of rotatable bonds is 5. The molecule has 1 saturated carbocycles. The van der Waals surface area contributed by atoms with Crippen molar-refractivity contribution in [3.8, 4) is 0 Å². The topological polar surface area (TPSA) is 41.1 Å². The minimum Gasteiger partial charge on any atom is -0.366 e. The molecule has 18 heavy (non-hydrogen) atoms. The standard InChI is InChI=1S/C13H21ClN4/c1-8(18(4)11-5-6-11)7-15-13-12(14)16-9(2)10(3)17-13/h8,11H,5-7H2,1-4H3,(H,15,17). The first-order valence-electron chi connectivity index (χ1n) is 6.45. The van der Waals surface area contributed by atoms with Crippen LogP contribution in [0.25, 0.3) is 0 Å². The molecular formula is C13H21ClN4. The van der Waals surface area contributed by atoms with Crippen molar-refractivity contribution in [3.05, 3.63) is 16.5 Å². The molecule has 1 fully saturated rings. The van der Waals surface area contributed by atoms with E-state index in [0.717, 1.165) is 24.0 Å². The van der Waals surface area contributed by atoms with Crippen LogP contribution in [-0.2, 0) is 0 Å². The third kappa shape index (κ3) is 3.12. The van der Waals surface area contributed by atoms with Gasteiger partial charge >= 0.3 is 0 Å². The number of halogens is 1. The molecule has 4 nitrogen and oxygen atoms in total. The van der Waals surface area contributed by atoms with Crippen molar-refractivity contribution in [2.45, 2.75) is 45.7 Å². The third-order valence-corrected chi connectivity index (χ3v) is 3.91. The molecule has 1 aliphatic carbocycles. The van der Waals surface area contributed by atoms with E-state index >= 15 is 0 Å². The van der Waals surface area contributed by atoms with Crippen LogP contribution in [0.2, 0.25) is 5.15 Å². The number of nitrogens with zero attached hydrogens (tertiary/aromatic N) is 3. The van der Waals surface area contributed by atoms with E-state index in [1.807, 2.05) is 13.8 Å². The molecule has 0 aliphatic heterocycles. The monoisotopic (exact) mass is 268 g/mol. The molecule has 0 bridgehead atoms. The highest BCUT2D eigenvalue weighted by Gasteiger charge is 2.29. The van der Waals surface area contributed by atoms with E-state index in [1.165, 1.54) is 12.8 Å². The second-order valence-electron chi connectivity index (χ2n) is 5.16. The highest BCUT2D eigenvalue weighted by atomic mass is 35.5. The molecule has 0 saturated heterocycles. The molecule has 1 aliphatic rings. The molecule has 1 heterocycles. The predicted octanol–water partition coefficient (Wildman–Crippen LogP) is 2.64. The van der Waals surface area contributed by atoms with Gasteiger partial charge < -0.3 is 5.32 Å². The van der Waals surface area contributed by atoms with Crippen LogP contribution in [0, 0.1) is 13.8 Å².